The molecule has 0 radical (unpaired) electrons. The SMILES string of the molecule is CCCCC1C(C)CCCC1(C)C(CC)CO. The van der Waals surface area contributed by atoms with Gasteiger partial charge in [-0.25, -0.2) is 0 Å². The van der Waals surface area contributed by atoms with Crippen LogP contribution in [0.3, 0.4) is 0 Å². The molecular weight excluding hydrogens is 208 g/mol. The average Bonchev–Trinajstić information content (AvgIpc) is 2.30. The smallest absolute Gasteiger partial charge is 0.0464 e. The minimum Gasteiger partial charge on any atom is -0.396 e. The third-order valence-electron chi connectivity index (χ3n) is 5.42. The Bertz CT molecular complexity index is 210. The summed E-state index contributed by atoms with van der Waals surface area (Å²) in [4.78, 5) is 0. The number of aliphatic hydroxyl groups is 1. The molecular formula is C16H32O. The number of unbranched alkanes of at least 4 members (excludes halogenated alkanes) is 1. The molecule has 4 unspecified atom stereocenters. The van der Waals surface area contributed by atoms with Crippen LogP contribution >= 0.6 is 0 Å². The first-order valence-corrected chi connectivity index (χ1v) is 7.71. The van der Waals surface area contributed by atoms with Crippen LogP contribution in [0.15, 0.2) is 0 Å². The first-order chi connectivity index (χ1) is 8.10. The second-order valence-corrected chi connectivity index (χ2v) is 6.41. The highest BCUT2D eigenvalue weighted by Crippen LogP contribution is 2.51. The molecule has 1 heteroatoms. The molecule has 0 heterocycles. The third-order valence-corrected chi connectivity index (χ3v) is 5.42. The Morgan fingerprint density at radius 2 is 2.06 bits per heavy atom. The van der Waals surface area contributed by atoms with Gasteiger partial charge in [-0.05, 0) is 36.0 Å². The summed E-state index contributed by atoms with van der Waals surface area (Å²) in [6.45, 7) is 9.79. The van der Waals surface area contributed by atoms with E-state index < -0.39 is 0 Å². The molecule has 0 saturated heterocycles. The van der Waals surface area contributed by atoms with E-state index in [0.717, 1.165) is 18.3 Å². The Morgan fingerprint density at radius 3 is 2.59 bits per heavy atom. The van der Waals surface area contributed by atoms with Crippen molar-refractivity contribution in [3.63, 3.8) is 0 Å². The maximum Gasteiger partial charge on any atom is 0.0464 e. The lowest BCUT2D eigenvalue weighted by molar-refractivity contribution is -0.0233. The Hall–Kier alpha value is -0.0400. The van der Waals surface area contributed by atoms with Crippen LogP contribution < -0.4 is 0 Å². The Balaban J connectivity index is 2.82. The van der Waals surface area contributed by atoms with E-state index >= 15 is 0 Å². The topological polar surface area (TPSA) is 20.2 Å². The first-order valence-electron chi connectivity index (χ1n) is 7.71. The zero-order valence-corrected chi connectivity index (χ0v) is 12.3. The van der Waals surface area contributed by atoms with E-state index in [0.29, 0.717) is 17.9 Å². The molecule has 1 saturated carbocycles. The van der Waals surface area contributed by atoms with Crippen molar-refractivity contribution in [1.82, 2.24) is 0 Å². The van der Waals surface area contributed by atoms with Gasteiger partial charge in [0.1, 0.15) is 0 Å². The molecule has 0 aromatic carbocycles. The lowest BCUT2D eigenvalue weighted by Gasteiger charge is -2.49. The highest BCUT2D eigenvalue weighted by atomic mass is 16.3. The molecule has 17 heavy (non-hydrogen) atoms. The molecule has 102 valence electrons. The fraction of sp³-hybridized carbons (Fsp3) is 1.00. The van der Waals surface area contributed by atoms with Gasteiger partial charge < -0.3 is 5.11 Å². The van der Waals surface area contributed by atoms with Gasteiger partial charge in [0.15, 0.2) is 0 Å². The lowest BCUT2D eigenvalue weighted by Crippen LogP contribution is -2.43. The van der Waals surface area contributed by atoms with Crippen molar-refractivity contribution in [3.8, 4) is 0 Å². The fourth-order valence-corrected chi connectivity index (χ4v) is 4.19. The van der Waals surface area contributed by atoms with Gasteiger partial charge in [0.2, 0.25) is 0 Å². The van der Waals surface area contributed by atoms with Gasteiger partial charge in [0.25, 0.3) is 0 Å². The summed E-state index contributed by atoms with van der Waals surface area (Å²) in [7, 11) is 0. The first kappa shape index (κ1) is 15.0. The molecule has 4 atom stereocenters. The van der Waals surface area contributed by atoms with E-state index in [9.17, 15) is 5.11 Å². The van der Waals surface area contributed by atoms with Crippen LogP contribution in [-0.4, -0.2) is 11.7 Å². The summed E-state index contributed by atoms with van der Waals surface area (Å²) in [6, 6.07) is 0. The largest absolute Gasteiger partial charge is 0.396 e. The molecule has 1 nitrogen and oxygen atoms in total. The van der Waals surface area contributed by atoms with Gasteiger partial charge in [-0.2, -0.15) is 0 Å². The molecule has 0 bridgehead atoms. The van der Waals surface area contributed by atoms with Crippen molar-refractivity contribution >= 4 is 0 Å². The van der Waals surface area contributed by atoms with E-state index in [1.54, 1.807) is 0 Å². The molecule has 1 aliphatic carbocycles. The van der Waals surface area contributed by atoms with Gasteiger partial charge in [0.05, 0.1) is 0 Å². The van der Waals surface area contributed by atoms with Gasteiger partial charge >= 0.3 is 0 Å². The fourth-order valence-electron chi connectivity index (χ4n) is 4.19. The molecule has 0 amide bonds. The van der Waals surface area contributed by atoms with Crippen LogP contribution in [0.25, 0.3) is 0 Å². The number of hydrogen-bond acceptors (Lipinski definition) is 1. The molecule has 0 aliphatic heterocycles. The third kappa shape index (κ3) is 3.24. The van der Waals surface area contributed by atoms with E-state index in [1.807, 2.05) is 0 Å². The Labute approximate surface area is 108 Å². The number of aliphatic hydroxyl groups excluding tert-OH is 1. The Morgan fingerprint density at radius 1 is 1.35 bits per heavy atom. The second kappa shape index (κ2) is 6.78. The van der Waals surface area contributed by atoms with Crippen molar-refractivity contribution in [2.45, 2.75) is 72.6 Å². The van der Waals surface area contributed by atoms with Crippen LogP contribution in [0, 0.1) is 23.2 Å². The summed E-state index contributed by atoms with van der Waals surface area (Å²) >= 11 is 0. The molecule has 1 N–H and O–H groups in total. The summed E-state index contributed by atoms with van der Waals surface area (Å²) in [5.41, 5.74) is 0.385. The summed E-state index contributed by atoms with van der Waals surface area (Å²) < 4.78 is 0. The van der Waals surface area contributed by atoms with Crippen LogP contribution in [0.5, 0.6) is 0 Å². The maximum absolute atomic E-state index is 9.67. The normalized spacial score (nSPS) is 35.8. The predicted molar refractivity (Wildman–Crippen MR) is 75.0 cm³/mol. The second-order valence-electron chi connectivity index (χ2n) is 6.41. The van der Waals surface area contributed by atoms with Crippen LogP contribution in [0.1, 0.15) is 72.6 Å². The monoisotopic (exact) mass is 240 g/mol. The van der Waals surface area contributed by atoms with Crippen LogP contribution in [0.2, 0.25) is 0 Å². The van der Waals surface area contributed by atoms with E-state index in [1.165, 1.54) is 38.5 Å². The molecule has 1 aliphatic rings. The summed E-state index contributed by atoms with van der Waals surface area (Å²) in [5, 5.41) is 9.67. The molecule has 0 aromatic rings. The quantitative estimate of drug-likeness (QED) is 0.717. The number of rotatable bonds is 6. The zero-order chi connectivity index (χ0) is 12.9. The molecule has 1 fully saturated rings. The average molecular weight is 240 g/mol. The van der Waals surface area contributed by atoms with Crippen molar-refractivity contribution in [3.05, 3.63) is 0 Å². The minimum atomic E-state index is 0.377. The van der Waals surface area contributed by atoms with Gasteiger partial charge in [-0.1, -0.05) is 59.8 Å². The summed E-state index contributed by atoms with van der Waals surface area (Å²) in [5.74, 6) is 2.18. The van der Waals surface area contributed by atoms with Crippen molar-refractivity contribution in [1.29, 1.82) is 0 Å². The van der Waals surface area contributed by atoms with Crippen molar-refractivity contribution in [2.75, 3.05) is 6.61 Å². The van der Waals surface area contributed by atoms with E-state index in [4.69, 9.17) is 0 Å². The van der Waals surface area contributed by atoms with Gasteiger partial charge in [-0.3, -0.25) is 0 Å². The van der Waals surface area contributed by atoms with Crippen LogP contribution in [0.4, 0.5) is 0 Å². The van der Waals surface area contributed by atoms with Crippen molar-refractivity contribution < 1.29 is 5.11 Å². The van der Waals surface area contributed by atoms with Gasteiger partial charge in [-0.15, -0.1) is 0 Å². The molecule has 1 rings (SSSR count). The summed E-state index contributed by atoms with van der Waals surface area (Å²) in [6.07, 6.45) is 9.22. The van der Waals surface area contributed by atoms with Gasteiger partial charge in [0, 0.05) is 6.61 Å². The van der Waals surface area contributed by atoms with Crippen LogP contribution in [-0.2, 0) is 0 Å². The zero-order valence-electron chi connectivity index (χ0n) is 12.3. The van der Waals surface area contributed by atoms with E-state index in [2.05, 4.69) is 27.7 Å². The predicted octanol–water partition coefficient (Wildman–Crippen LogP) is 4.64. The number of hydrogen-bond donors (Lipinski definition) is 1. The standard InChI is InChI=1S/C16H32O/c1-5-7-10-15-13(3)9-8-11-16(15,4)14(6-2)12-17/h13-15,17H,5-12H2,1-4H3. The molecule has 0 aromatic heterocycles. The van der Waals surface area contributed by atoms with E-state index in [-0.39, 0.29) is 0 Å². The molecule has 0 spiro atoms. The minimum absolute atomic E-state index is 0.377. The van der Waals surface area contributed by atoms with Crippen molar-refractivity contribution in [2.24, 2.45) is 23.2 Å². The highest BCUT2D eigenvalue weighted by Gasteiger charge is 2.44. The highest BCUT2D eigenvalue weighted by molar-refractivity contribution is 4.93. The Kier molecular flexibility index (Phi) is 5.99. The maximum atomic E-state index is 9.67. The lowest BCUT2D eigenvalue weighted by atomic mass is 9.56.